The molecular formula is C18H11N3S. The molecule has 0 aliphatic carbocycles. The lowest BCUT2D eigenvalue weighted by Crippen LogP contribution is -1.88. The van der Waals surface area contributed by atoms with Gasteiger partial charge in [0, 0.05) is 27.8 Å². The van der Waals surface area contributed by atoms with Gasteiger partial charge in [0.1, 0.15) is 17.7 Å². The van der Waals surface area contributed by atoms with E-state index in [0.717, 1.165) is 21.0 Å². The summed E-state index contributed by atoms with van der Waals surface area (Å²) in [4.78, 5) is 2.02. The maximum Gasteiger partial charge on any atom is 0.131 e. The zero-order chi connectivity index (χ0) is 15.4. The van der Waals surface area contributed by atoms with Crippen molar-refractivity contribution in [2.45, 2.75) is 0 Å². The average Bonchev–Trinajstić information content (AvgIpc) is 3.24. The fourth-order valence-electron chi connectivity index (χ4n) is 2.12. The van der Waals surface area contributed by atoms with Crippen molar-refractivity contribution in [1.82, 2.24) is 4.57 Å². The first-order valence-electron chi connectivity index (χ1n) is 6.65. The molecule has 22 heavy (non-hydrogen) atoms. The molecule has 0 saturated heterocycles. The molecule has 2 heterocycles. The van der Waals surface area contributed by atoms with E-state index in [4.69, 9.17) is 10.5 Å². The van der Waals surface area contributed by atoms with E-state index >= 15 is 0 Å². The van der Waals surface area contributed by atoms with Gasteiger partial charge in [-0.15, -0.1) is 11.3 Å². The molecule has 0 saturated carbocycles. The van der Waals surface area contributed by atoms with E-state index < -0.39 is 0 Å². The minimum atomic E-state index is 0.122. The number of aromatic nitrogens is 1. The van der Waals surface area contributed by atoms with Crippen molar-refractivity contribution in [3.05, 3.63) is 71.4 Å². The van der Waals surface area contributed by atoms with Gasteiger partial charge >= 0.3 is 0 Å². The summed E-state index contributed by atoms with van der Waals surface area (Å²) in [6.07, 6.45) is 5.63. The van der Waals surface area contributed by atoms with E-state index in [2.05, 4.69) is 28.8 Å². The molecule has 0 aliphatic rings. The van der Waals surface area contributed by atoms with Crippen molar-refractivity contribution in [2.24, 2.45) is 0 Å². The number of hydrogen-bond acceptors (Lipinski definition) is 3. The summed E-state index contributed by atoms with van der Waals surface area (Å²) in [5, 5.41) is 17.6. The van der Waals surface area contributed by atoms with E-state index in [1.54, 1.807) is 17.4 Å². The third kappa shape index (κ3) is 2.83. The van der Waals surface area contributed by atoms with Crippen molar-refractivity contribution in [2.75, 3.05) is 0 Å². The second-order valence-electron chi connectivity index (χ2n) is 4.62. The normalized spacial score (nSPS) is 9.73. The predicted octanol–water partition coefficient (Wildman–Crippen LogP) is 4.64. The van der Waals surface area contributed by atoms with Crippen LogP contribution in [0.15, 0.2) is 66.5 Å². The molecule has 3 aromatic rings. The molecule has 0 bridgehead atoms. The zero-order valence-electron chi connectivity index (χ0n) is 11.6. The molecule has 2 aromatic heterocycles. The Kier molecular flexibility index (Phi) is 3.87. The van der Waals surface area contributed by atoms with Crippen LogP contribution in [-0.2, 0) is 0 Å². The highest BCUT2D eigenvalue weighted by molar-refractivity contribution is 7.16. The van der Waals surface area contributed by atoms with Crippen LogP contribution in [0.5, 0.6) is 0 Å². The van der Waals surface area contributed by atoms with Gasteiger partial charge in [-0.3, -0.25) is 0 Å². The van der Waals surface area contributed by atoms with Crippen LogP contribution in [0, 0.1) is 22.7 Å². The molecule has 104 valence electrons. The van der Waals surface area contributed by atoms with E-state index in [1.165, 1.54) is 0 Å². The average molecular weight is 301 g/mol. The first-order valence-corrected chi connectivity index (χ1v) is 7.47. The minimum absolute atomic E-state index is 0.122. The van der Waals surface area contributed by atoms with E-state index in [-0.39, 0.29) is 5.57 Å². The van der Waals surface area contributed by atoms with E-state index in [1.807, 2.05) is 48.8 Å². The third-order valence-corrected chi connectivity index (χ3v) is 4.29. The van der Waals surface area contributed by atoms with Gasteiger partial charge in [0.05, 0.1) is 0 Å². The lowest BCUT2D eigenvalue weighted by molar-refractivity contribution is 1.08. The summed E-state index contributed by atoms with van der Waals surface area (Å²) < 4.78 is 2.05. The highest BCUT2D eigenvalue weighted by Crippen LogP contribution is 2.30. The van der Waals surface area contributed by atoms with Gasteiger partial charge in [-0.2, -0.15) is 10.5 Å². The molecule has 0 radical (unpaired) electrons. The molecule has 0 spiro atoms. The van der Waals surface area contributed by atoms with Gasteiger partial charge < -0.3 is 4.57 Å². The second-order valence-corrected chi connectivity index (χ2v) is 5.74. The monoisotopic (exact) mass is 301 g/mol. The largest absolute Gasteiger partial charge is 0.324 e. The quantitative estimate of drug-likeness (QED) is 0.662. The van der Waals surface area contributed by atoms with Crippen LogP contribution >= 0.6 is 11.3 Å². The van der Waals surface area contributed by atoms with Crippen molar-refractivity contribution < 1.29 is 0 Å². The molecule has 0 fully saturated rings. The first kappa shape index (κ1) is 13.9. The van der Waals surface area contributed by atoms with Crippen LogP contribution in [0.25, 0.3) is 22.2 Å². The molecule has 0 N–H and O–H groups in total. The standard InChI is InChI=1S/C18H11N3S/c19-12-14(13-20)11-17-7-8-18(22-17)15-3-5-16(6-4-15)21-9-1-2-10-21/h1-11H. The van der Waals surface area contributed by atoms with Crippen LogP contribution in [0.1, 0.15) is 4.88 Å². The molecular weight excluding hydrogens is 290 g/mol. The zero-order valence-corrected chi connectivity index (χ0v) is 12.4. The fraction of sp³-hybridized carbons (Fsp3) is 0. The van der Waals surface area contributed by atoms with Gasteiger partial charge in [0.25, 0.3) is 0 Å². The molecule has 3 nitrogen and oxygen atoms in total. The van der Waals surface area contributed by atoms with Gasteiger partial charge in [-0.05, 0) is 48.0 Å². The Hall–Kier alpha value is -3.08. The number of benzene rings is 1. The molecule has 0 atom stereocenters. The Balaban J connectivity index is 1.87. The van der Waals surface area contributed by atoms with Crippen LogP contribution in [0.2, 0.25) is 0 Å². The van der Waals surface area contributed by atoms with Gasteiger partial charge in [0.2, 0.25) is 0 Å². The maximum absolute atomic E-state index is 8.79. The highest BCUT2D eigenvalue weighted by Gasteiger charge is 2.03. The van der Waals surface area contributed by atoms with Crippen molar-refractivity contribution >= 4 is 17.4 Å². The number of nitrogens with zero attached hydrogens (tertiary/aromatic N) is 3. The topological polar surface area (TPSA) is 52.5 Å². The summed E-state index contributed by atoms with van der Waals surface area (Å²) in [7, 11) is 0. The summed E-state index contributed by atoms with van der Waals surface area (Å²) >= 11 is 1.56. The predicted molar refractivity (Wildman–Crippen MR) is 88.3 cm³/mol. The Morgan fingerprint density at radius 3 is 2.27 bits per heavy atom. The lowest BCUT2D eigenvalue weighted by atomic mass is 10.1. The van der Waals surface area contributed by atoms with Gasteiger partial charge in [0.15, 0.2) is 0 Å². The van der Waals surface area contributed by atoms with Crippen LogP contribution < -0.4 is 0 Å². The summed E-state index contributed by atoms with van der Waals surface area (Å²) in [6.45, 7) is 0. The molecule has 0 unspecified atom stereocenters. The van der Waals surface area contributed by atoms with Gasteiger partial charge in [-0.25, -0.2) is 0 Å². The maximum atomic E-state index is 8.79. The molecule has 3 rings (SSSR count). The number of allylic oxidation sites excluding steroid dienone is 1. The Labute approximate surface area is 132 Å². The van der Waals surface area contributed by atoms with Crippen LogP contribution in [0.3, 0.4) is 0 Å². The Bertz CT molecular complexity index is 869. The summed E-state index contributed by atoms with van der Waals surface area (Å²) in [6, 6.07) is 20.0. The van der Waals surface area contributed by atoms with Crippen molar-refractivity contribution in [3.8, 4) is 28.3 Å². The number of nitriles is 2. The van der Waals surface area contributed by atoms with Crippen LogP contribution in [-0.4, -0.2) is 4.57 Å². The number of thiophene rings is 1. The fourth-order valence-corrected chi connectivity index (χ4v) is 3.08. The van der Waals surface area contributed by atoms with Crippen LogP contribution in [0.4, 0.5) is 0 Å². The Morgan fingerprint density at radius 1 is 0.955 bits per heavy atom. The smallest absolute Gasteiger partial charge is 0.131 e. The number of rotatable bonds is 3. The van der Waals surface area contributed by atoms with Crippen molar-refractivity contribution in [1.29, 1.82) is 10.5 Å². The minimum Gasteiger partial charge on any atom is -0.324 e. The van der Waals surface area contributed by atoms with E-state index in [0.29, 0.717) is 0 Å². The second kappa shape index (κ2) is 6.13. The third-order valence-electron chi connectivity index (χ3n) is 3.21. The lowest BCUT2D eigenvalue weighted by Gasteiger charge is -2.03. The van der Waals surface area contributed by atoms with Gasteiger partial charge in [-0.1, -0.05) is 12.1 Å². The SMILES string of the molecule is N#CC(C#N)=Cc1ccc(-c2ccc(-n3cccc3)cc2)s1. The highest BCUT2D eigenvalue weighted by atomic mass is 32.1. The molecule has 4 heteroatoms. The molecule has 0 amide bonds. The number of hydrogen-bond donors (Lipinski definition) is 0. The summed E-state index contributed by atoms with van der Waals surface area (Å²) in [5.74, 6) is 0. The van der Waals surface area contributed by atoms with E-state index in [9.17, 15) is 0 Å². The first-order chi connectivity index (χ1) is 10.8. The Morgan fingerprint density at radius 2 is 1.64 bits per heavy atom. The molecule has 0 aliphatic heterocycles. The van der Waals surface area contributed by atoms with Crippen molar-refractivity contribution in [3.63, 3.8) is 0 Å². The molecule has 1 aromatic carbocycles. The summed E-state index contributed by atoms with van der Waals surface area (Å²) in [5.41, 5.74) is 2.36.